The van der Waals surface area contributed by atoms with Gasteiger partial charge in [-0.25, -0.2) is 0 Å². The van der Waals surface area contributed by atoms with Gasteiger partial charge >= 0.3 is 0 Å². The molecule has 1 aromatic rings. The number of primary amides is 1. The Morgan fingerprint density at radius 3 is 2.31 bits per heavy atom. The van der Waals surface area contributed by atoms with Crippen molar-refractivity contribution in [1.82, 2.24) is 4.90 Å². The first-order valence-electron chi connectivity index (χ1n) is 5.57. The van der Waals surface area contributed by atoms with Gasteiger partial charge in [-0.1, -0.05) is 30.3 Å². The first-order chi connectivity index (χ1) is 7.52. The summed E-state index contributed by atoms with van der Waals surface area (Å²) < 4.78 is 0. The minimum absolute atomic E-state index is 0.234. The number of amides is 1. The molecule has 0 radical (unpaired) electrons. The van der Waals surface area contributed by atoms with Crippen LogP contribution in [0.5, 0.6) is 0 Å². The summed E-state index contributed by atoms with van der Waals surface area (Å²) in [6, 6.07) is 10.0. The summed E-state index contributed by atoms with van der Waals surface area (Å²) in [7, 11) is 1.93. The molecule has 0 aliphatic rings. The maximum Gasteiger partial charge on any atom is 0.235 e. The topological polar surface area (TPSA) is 46.3 Å². The summed E-state index contributed by atoms with van der Waals surface area (Å²) in [5, 5.41) is 0. The van der Waals surface area contributed by atoms with Gasteiger partial charge in [0.15, 0.2) is 0 Å². The fourth-order valence-electron chi connectivity index (χ4n) is 1.64. The first-order valence-corrected chi connectivity index (χ1v) is 5.57. The summed E-state index contributed by atoms with van der Waals surface area (Å²) in [6.07, 6.45) is 0.671. The van der Waals surface area contributed by atoms with Crippen LogP contribution in [-0.4, -0.2) is 29.9 Å². The zero-order valence-electron chi connectivity index (χ0n) is 10.2. The molecule has 0 aliphatic heterocycles. The first kappa shape index (κ1) is 12.7. The van der Waals surface area contributed by atoms with Gasteiger partial charge in [0.2, 0.25) is 5.91 Å². The molecule has 0 fully saturated rings. The Morgan fingerprint density at radius 1 is 1.31 bits per heavy atom. The lowest BCUT2D eigenvalue weighted by molar-refractivity contribution is -0.123. The highest BCUT2D eigenvalue weighted by molar-refractivity contribution is 5.80. The highest BCUT2D eigenvalue weighted by Gasteiger charge is 2.22. The van der Waals surface area contributed by atoms with Crippen molar-refractivity contribution in [2.75, 3.05) is 7.05 Å². The van der Waals surface area contributed by atoms with Crippen LogP contribution >= 0.6 is 0 Å². The Bertz CT molecular complexity index is 335. The van der Waals surface area contributed by atoms with E-state index < -0.39 is 0 Å². The van der Waals surface area contributed by atoms with E-state index in [1.54, 1.807) is 0 Å². The maximum atomic E-state index is 11.4. The van der Waals surface area contributed by atoms with Crippen LogP contribution in [0.15, 0.2) is 30.3 Å². The predicted octanol–water partition coefficient (Wildman–Crippen LogP) is 1.42. The third kappa shape index (κ3) is 3.35. The second kappa shape index (κ2) is 5.66. The monoisotopic (exact) mass is 220 g/mol. The Morgan fingerprint density at radius 2 is 1.88 bits per heavy atom. The molecule has 0 spiro atoms. The highest BCUT2D eigenvalue weighted by atomic mass is 16.1. The predicted molar refractivity (Wildman–Crippen MR) is 66.0 cm³/mol. The third-order valence-electron chi connectivity index (χ3n) is 2.91. The van der Waals surface area contributed by atoms with Gasteiger partial charge in [-0.15, -0.1) is 0 Å². The Labute approximate surface area is 97.2 Å². The molecule has 0 saturated carbocycles. The van der Waals surface area contributed by atoms with Gasteiger partial charge < -0.3 is 5.73 Å². The van der Waals surface area contributed by atoms with Crippen molar-refractivity contribution in [3.63, 3.8) is 0 Å². The van der Waals surface area contributed by atoms with Gasteiger partial charge in [-0.3, -0.25) is 9.69 Å². The highest BCUT2D eigenvalue weighted by Crippen LogP contribution is 2.09. The molecule has 1 amide bonds. The zero-order valence-corrected chi connectivity index (χ0v) is 10.2. The van der Waals surface area contributed by atoms with Crippen LogP contribution in [0, 0.1) is 0 Å². The van der Waals surface area contributed by atoms with Crippen molar-refractivity contribution in [3.05, 3.63) is 35.9 Å². The average Bonchev–Trinajstić information content (AvgIpc) is 2.26. The molecule has 2 N–H and O–H groups in total. The number of carbonyl (C=O) groups is 1. The number of hydrogen-bond acceptors (Lipinski definition) is 2. The molecular formula is C13H20N2O. The number of rotatable bonds is 5. The normalized spacial score (nSPS) is 13.1. The summed E-state index contributed by atoms with van der Waals surface area (Å²) in [5.41, 5.74) is 6.58. The van der Waals surface area contributed by atoms with E-state index in [2.05, 4.69) is 13.8 Å². The Kier molecular flexibility index (Phi) is 4.50. The second-order valence-corrected chi connectivity index (χ2v) is 4.37. The van der Waals surface area contributed by atoms with E-state index in [9.17, 15) is 4.79 Å². The van der Waals surface area contributed by atoms with E-state index in [1.165, 1.54) is 0 Å². The molecule has 1 aromatic carbocycles. The fraction of sp³-hybridized carbons (Fsp3) is 0.462. The SMILES string of the molecule is CC(C)N(C)C(Cc1ccccc1)C(N)=O. The molecule has 0 aliphatic carbocycles. The molecule has 1 atom stereocenters. The van der Waals surface area contributed by atoms with Crippen LogP contribution in [0.1, 0.15) is 19.4 Å². The van der Waals surface area contributed by atoms with Crippen LogP contribution in [0.25, 0.3) is 0 Å². The van der Waals surface area contributed by atoms with Crippen molar-refractivity contribution in [3.8, 4) is 0 Å². The summed E-state index contributed by atoms with van der Waals surface area (Å²) in [6.45, 7) is 4.11. The maximum absolute atomic E-state index is 11.4. The van der Waals surface area contributed by atoms with Crippen molar-refractivity contribution >= 4 is 5.91 Å². The van der Waals surface area contributed by atoms with Crippen molar-refractivity contribution in [1.29, 1.82) is 0 Å². The zero-order chi connectivity index (χ0) is 12.1. The summed E-state index contributed by atoms with van der Waals surface area (Å²) in [4.78, 5) is 13.4. The fourth-order valence-corrected chi connectivity index (χ4v) is 1.64. The number of carbonyl (C=O) groups excluding carboxylic acids is 1. The molecule has 3 heteroatoms. The van der Waals surface area contributed by atoms with E-state index in [1.807, 2.05) is 42.3 Å². The number of nitrogens with zero attached hydrogens (tertiary/aromatic N) is 1. The van der Waals surface area contributed by atoms with Gasteiger partial charge in [0, 0.05) is 6.04 Å². The van der Waals surface area contributed by atoms with Gasteiger partial charge in [-0.05, 0) is 32.9 Å². The minimum atomic E-state index is -0.264. The number of hydrogen-bond donors (Lipinski definition) is 1. The van der Waals surface area contributed by atoms with E-state index >= 15 is 0 Å². The van der Waals surface area contributed by atoms with Crippen LogP contribution in [0.3, 0.4) is 0 Å². The summed E-state index contributed by atoms with van der Waals surface area (Å²) in [5.74, 6) is -0.264. The molecular weight excluding hydrogens is 200 g/mol. The molecule has 1 unspecified atom stereocenters. The average molecular weight is 220 g/mol. The van der Waals surface area contributed by atoms with Gasteiger partial charge in [0.25, 0.3) is 0 Å². The second-order valence-electron chi connectivity index (χ2n) is 4.37. The largest absolute Gasteiger partial charge is 0.368 e. The standard InChI is InChI=1S/C13H20N2O/c1-10(2)15(3)12(13(14)16)9-11-7-5-4-6-8-11/h4-8,10,12H,9H2,1-3H3,(H2,14,16). The molecule has 3 nitrogen and oxygen atoms in total. The Hall–Kier alpha value is -1.35. The van der Waals surface area contributed by atoms with Gasteiger partial charge in [0.1, 0.15) is 0 Å². The molecule has 0 bridgehead atoms. The number of benzene rings is 1. The Balaban J connectivity index is 2.77. The molecule has 88 valence electrons. The van der Waals surface area contributed by atoms with Crippen LogP contribution in [-0.2, 0) is 11.2 Å². The van der Waals surface area contributed by atoms with E-state index in [0.29, 0.717) is 12.5 Å². The lowest BCUT2D eigenvalue weighted by Crippen LogP contribution is -2.47. The van der Waals surface area contributed by atoms with Crippen molar-refractivity contribution in [2.45, 2.75) is 32.4 Å². The van der Waals surface area contributed by atoms with E-state index in [4.69, 9.17) is 5.73 Å². The number of likely N-dealkylation sites (N-methyl/N-ethyl adjacent to an activating group) is 1. The van der Waals surface area contributed by atoms with Crippen molar-refractivity contribution in [2.24, 2.45) is 5.73 Å². The van der Waals surface area contributed by atoms with E-state index in [0.717, 1.165) is 5.56 Å². The molecule has 16 heavy (non-hydrogen) atoms. The lowest BCUT2D eigenvalue weighted by atomic mass is 10.0. The van der Waals surface area contributed by atoms with Crippen LogP contribution in [0.2, 0.25) is 0 Å². The lowest BCUT2D eigenvalue weighted by Gasteiger charge is -2.29. The molecule has 0 aromatic heterocycles. The smallest absolute Gasteiger partial charge is 0.235 e. The number of nitrogens with two attached hydrogens (primary N) is 1. The minimum Gasteiger partial charge on any atom is -0.368 e. The molecule has 0 heterocycles. The quantitative estimate of drug-likeness (QED) is 0.815. The summed E-state index contributed by atoms with van der Waals surface area (Å²) >= 11 is 0. The van der Waals surface area contributed by atoms with E-state index in [-0.39, 0.29) is 11.9 Å². The van der Waals surface area contributed by atoms with Gasteiger partial charge in [-0.2, -0.15) is 0 Å². The van der Waals surface area contributed by atoms with Gasteiger partial charge in [0.05, 0.1) is 6.04 Å². The molecule has 1 rings (SSSR count). The van der Waals surface area contributed by atoms with Crippen molar-refractivity contribution < 1.29 is 4.79 Å². The third-order valence-corrected chi connectivity index (χ3v) is 2.91. The van der Waals surface area contributed by atoms with Crippen LogP contribution in [0.4, 0.5) is 0 Å². The van der Waals surface area contributed by atoms with Crippen LogP contribution < -0.4 is 5.73 Å². The molecule has 0 saturated heterocycles.